The van der Waals surface area contributed by atoms with E-state index in [4.69, 9.17) is 10.6 Å². The van der Waals surface area contributed by atoms with Gasteiger partial charge in [0.05, 0.1) is 6.20 Å². The summed E-state index contributed by atoms with van der Waals surface area (Å²) < 4.78 is 7.03. The van der Waals surface area contributed by atoms with E-state index in [-0.39, 0.29) is 17.9 Å². The van der Waals surface area contributed by atoms with Crippen molar-refractivity contribution in [2.24, 2.45) is 5.84 Å². The van der Waals surface area contributed by atoms with E-state index in [1.165, 1.54) is 4.68 Å². The van der Waals surface area contributed by atoms with E-state index in [2.05, 4.69) is 30.5 Å². The lowest BCUT2D eigenvalue weighted by atomic mass is 10.4. The Morgan fingerprint density at radius 1 is 1.24 bits per heavy atom. The van der Waals surface area contributed by atoms with Crippen LogP contribution in [-0.4, -0.2) is 29.7 Å². The van der Waals surface area contributed by atoms with Gasteiger partial charge in [-0.2, -0.15) is 20.1 Å². The van der Waals surface area contributed by atoms with Crippen molar-refractivity contribution in [2.45, 2.75) is 6.92 Å². The second-order valence-electron chi connectivity index (χ2n) is 4.07. The second kappa shape index (κ2) is 5.51. The number of aryl methyl sites for hydroxylation is 1. The fourth-order valence-electron chi connectivity index (χ4n) is 1.57. The topological polar surface area (TPSA) is 117 Å². The molecule has 3 aromatic heterocycles. The average molecular weight is 284 g/mol. The highest BCUT2D eigenvalue weighted by molar-refractivity contribution is 5.30. The molecule has 0 aliphatic carbocycles. The first-order valence-corrected chi connectivity index (χ1v) is 6.08. The molecule has 0 unspecified atom stereocenters. The maximum atomic E-state index is 5.55. The van der Waals surface area contributed by atoms with Gasteiger partial charge in [-0.1, -0.05) is 0 Å². The molecule has 0 bridgehead atoms. The van der Waals surface area contributed by atoms with E-state index in [0.29, 0.717) is 5.75 Å². The molecule has 0 atom stereocenters. The molecule has 0 aromatic carbocycles. The summed E-state index contributed by atoms with van der Waals surface area (Å²) in [6, 6.07) is 5.44. The standard InChI is InChI=1S/C12H12N8O/c1-8-3-4-9(7-14-8)21-12-17-10(19-13)16-11(18-12)20-6-2-5-15-20/h2-7H,13H2,1H3,(H,16,17,18,19). The highest BCUT2D eigenvalue weighted by Crippen LogP contribution is 2.18. The summed E-state index contributed by atoms with van der Waals surface area (Å²) in [7, 11) is 0. The molecular formula is C12H12N8O. The van der Waals surface area contributed by atoms with Crippen molar-refractivity contribution in [1.82, 2.24) is 29.7 Å². The number of nitrogens with one attached hydrogen (secondary N) is 1. The van der Waals surface area contributed by atoms with E-state index in [9.17, 15) is 0 Å². The number of rotatable bonds is 4. The van der Waals surface area contributed by atoms with E-state index < -0.39 is 0 Å². The minimum atomic E-state index is 0.0918. The molecule has 3 rings (SSSR count). The fourth-order valence-corrected chi connectivity index (χ4v) is 1.57. The van der Waals surface area contributed by atoms with Crippen molar-refractivity contribution >= 4 is 5.95 Å². The minimum Gasteiger partial charge on any atom is -0.422 e. The van der Waals surface area contributed by atoms with Gasteiger partial charge in [0.1, 0.15) is 5.75 Å². The normalized spacial score (nSPS) is 10.4. The van der Waals surface area contributed by atoms with Crippen LogP contribution >= 0.6 is 0 Å². The molecule has 0 saturated heterocycles. The molecule has 3 heterocycles. The molecule has 0 spiro atoms. The monoisotopic (exact) mass is 284 g/mol. The van der Waals surface area contributed by atoms with Crippen LogP contribution in [0.2, 0.25) is 0 Å². The fraction of sp³-hybridized carbons (Fsp3) is 0.0833. The molecule has 9 nitrogen and oxygen atoms in total. The first-order valence-electron chi connectivity index (χ1n) is 6.08. The van der Waals surface area contributed by atoms with E-state index in [0.717, 1.165) is 5.69 Å². The lowest BCUT2D eigenvalue weighted by molar-refractivity contribution is 0.436. The number of ether oxygens (including phenoxy) is 1. The van der Waals surface area contributed by atoms with Gasteiger partial charge in [0.2, 0.25) is 5.95 Å². The molecule has 0 amide bonds. The Morgan fingerprint density at radius 2 is 2.14 bits per heavy atom. The molecule has 3 N–H and O–H groups in total. The number of aromatic nitrogens is 6. The van der Waals surface area contributed by atoms with Crippen molar-refractivity contribution in [3.8, 4) is 17.7 Å². The van der Waals surface area contributed by atoms with Crippen molar-refractivity contribution in [1.29, 1.82) is 0 Å². The second-order valence-corrected chi connectivity index (χ2v) is 4.07. The summed E-state index contributed by atoms with van der Waals surface area (Å²) >= 11 is 0. The summed E-state index contributed by atoms with van der Waals surface area (Å²) in [5, 5.41) is 4.05. The largest absolute Gasteiger partial charge is 0.422 e. The van der Waals surface area contributed by atoms with Crippen molar-refractivity contribution in [3.05, 3.63) is 42.5 Å². The summed E-state index contributed by atoms with van der Waals surface area (Å²) in [5.41, 5.74) is 3.25. The molecule has 0 fully saturated rings. The van der Waals surface area contributed by atoms with Gasteiger partial charge in [-0.25, -0.2) is 10.5 Å². The van der Waals surface area contributed by atoms with Crippen LogP contribution in [0.1, 0.15) is 5.69 Å². The van der Waals surface area contributed by atoms with Crippen LogP contribution in [-0.2, 0) is 0 Å². The van der Waals surface area contributed by atoms with Crippen LogP contribution in [0.5, 0.6) is 11.8 Å². The average Bonchev–Trinajstić information content (AvgIpc) is 3.04. The van der Waals surface area contributed by atoms with Crippen LogP contribution < -0.4 is 16.0 Å². The molecule has 3 aromatic rings. The summed E-state index contributed by atoms with van der Waals surface area (Å²) in [6.45, 7) is 1.89. The van der Waals surface area contributed by atoms with E-state index in [1.54, 1.807) is 30.7 Å². The molecule has 0 aliphatic heterocycles. The van der Waals surface area contributed by atoms with Crippen molar-refractivity contribution < 1.29 is 4.74 Å². The Morgan fingerprint density at radius 3 is 2.81 bits per heavy atom. The number of nitrogen functional groups attached to an aromatic ring is 1. The number of anilines is 1. The molecule has 106 valence electrons. The highest BCUT2D eigenvalue weighted by atomic mass is 16.5. The number of pyridine rings is 1. The van der Waals surface area contributed by atoms with Gasteiger partial charge in [0.15, 0.2) is 0 Å². The third kappa shape index (κ3) is 2.92. The van der Waals surface area contributed by atoms with Gasteiger partial charge in [0, 0.05) is 18.1 Å². The Balaban J connectivity index is 1.94. The minimum absolute atomic E-state index is 0.0918. The summed E-state index contributed by atoms with van der Waals surface area (Å²) in [4.78, 5) is 16.4. The third-order valence-corrected chi connectivity index (χ3v) is 2.53. The van der Waals surface area contributed by atoms with Gasteiger partial charge in [-0.05, 0) is 25.1 Å². The number of hydrogen-bond donors (Lipinski definition) is 2. The first kappa shape index (κ1) is 12.9. The van der Waals surface area contributed by atoms with Crippen molar-refractivity contribution in [3.63, 3.8) is 0 Å². The Bertz CT molecular complexity index is 726. The van der Waals surface area contributed by atoms with Crippen LogP contribution in [0.3, 0.4) is 0 Å². The Labute approximate surface area is 119 Å². The zero-order valence-electron chi connectivity index (χ0n) is 11.1. The predicted molar refractivity (Wildman–Crippen MR) is 73.8 cm³/mol. The number of nitrogens with zero attached hydrogens (tertiary/aromatic N) is 6. The van der Waals surface area contributed by atoms with Crippen LogP contribution in [0.4, 0.5) is 5.95 Å². The smallest absolute Gasteiger partial charge is 0.328 e. The van der Waals surface area contributed by atoms with Crippen LogP contribution in [0.25, 0.3) is 5.95 Å². The van der Waals surface area contributed by atoms with E-state index in [1.807, 2.05) is 13.0 Å². The number of nitrogens with two attached hydrogens (primary N) is 1. The SMILES string of the molecule is Cc1ccc(Oc2nc(NN)nc(-n3cccn3)n2)cn1. The van der Waals surface area contributed by atoms with Crippen LogP contribution in [0.15, 0.2) is 36.8 Å². The van der Waals surface area contributed by atoms with E-state index >= 15 is 0 Å². The summed E-state index contributed by atoms with van der Waals surface area (Å²) in [5.74, 6) is 6.33. The maximum Gasteiger partial charge on any atom is 0.328 e. The van der Waals surface area contributed by atoms with Crippen LogP contribution in [0, 0.1) is 6.92 Å². The molecule has 21 heavy (non-hydrogen) atoms. The Hall–Kier alpha value is -3.07. The zero-order valence-corrected chi connectivity index (χ0v) is 11.1. The lowest BCUT2D eigenvalue weighted by Gasteiger charge is -2.07. The summed E-state index contributed by atoms with van der Waals surface area (Å²) in [6.07, 6.45) is 4.90. The maximum absolute atomic E-state index is 5.55. The Kier molecular flexibility index (Phi) is 3.39. The van der Waals surface area contributed by atoms with Gasteiger partial charge in [0.25, 0.3) is 5.95 Å². The molecule has 9 heteroatoms. The molecule has 0 aliphatic rings. The lowest BCUT2D eigenvalue weighted by Crippen LogP contribution is -2.14. The van der Waals surface area contributed by atoms with Gasteiger partial charge in [-0.15, -0.1) is 0 Å². The molecule has 0 radical (unpaired) electrons. The zero-order chi connectivity index (χ0) is 14.7. The number of hydrogen-bond acceptors (Lipinski definition) is 8. The molecule has 0 saturated carbocycles. The first-order chi connectivity index (χ1) is 10.2. The quantitative estimate of drug-likeness (QED) is 0.534. The van der Waals surface area contributed by atoms with Gasteiger partial charge >= 0.3 is 6.01 Å². The predicted octanol–water partition coefficient (Wildman–Crippen LogP) is 0.839. The van der Waals surface area contributed by atoms with Crippen molar-refractivity contribution in [2.75, 3.05) is 5.43 Å². The van der Waals surface area contributed by atoms with Gasteiger partial charge < -0.3 is 4.74 Å². The molecular weight excluding hydrogens is 272 g/mol. The van der Waals surface area contributed by atoms with Gasteiger partial charge in [-0.3, -0.25) is 10.4 Å². The third-order valence-electron chi connectivity index (χ3n) is 2.53. The highest BCUT2D eigenvalue weighted by Gasteiger charge is 2.10. The number of hydrazine groups is 1.